The molecule has 0 amide bonds. The van der Waals surface area contributed by atoms with Crippen molar-refractivity contribution >= 4 is 0 Å². The van der Waals surface area contributed by atoms with E-state index in [0.29, 0.717) is 0 Å². The Hall–Kier alpha value is -0.520. The average molecular weight is 220 g/mol. The maximum absolute atomic E-state index is 2.39. The highest BCUT2D eigenvalue weighted by atomic mass is 14.0. The Morgan fingerprint density at radius 2 is 1.81 bits per heavy atom. The van der Waals surface area contributed by atoms with Gasteiger partial charge >= 0.3 is 0 Å². The van der Waals surface area contributed by atoms with Crippen molar-refractivity contribution < 1.29 is 0 Å². The van der Waals surface area contributed by atoms with E-state index in [9.17, 15) is 0 Å². The van der Waals surface area contributed by atoms with Crippen molar-refractivity contribution in [3.63, 3.8) is 0 Å². The number of rotatable bonds is 9. The molecule has 0 aromatic heterocycles. The monoisotopic (exact) mass is 220 g/mol. The van der Waals surface area contributed by atoms with Gasteiger partial charge in [0.15, 0.2) is 0 Å². The van der Waals surface area contributed by atoms with E-state index >= 15 is 0 Å². The molecule has 1 aliphatic rings. The molecule has 0 aromatic carbocycles. The largest absolute Gasteiger partial charge is 0.0843 e. The van der Waals surface area contributed by atoms with Crippen molar-refractivity contribution in [2.24, 2.45) is 0 Å². The lowest BCUT2D eigenvalue weighted by Gasteiger charge is -1.99. The van der Waals surface area contributed by atoms with Gasteiger partial charge in [-0.25, -0.2) is 0 Å². The quantitative estimate of drug-likeness (QED) is 0.431. The van der Waals surface area contributed by atoms with Crippen LogP contribution in [0.1, 0.15) is 77.6 Å². The first kappa shape index (κ1) is 13.5. The Labute approximate surface area is 102 Å². The molecule has 0 atom stereocenters. The third-order valence-electron chi connectivity index (χ3n) is 3.38. The highest BCUT2D eigenvalue weighted by molar-refractivity contribution is 5.21. The Bertz CT molecular complexity index is 210. The molecule has 0 saturated heterocycles. The molecule has 0 aliphatic heterocycles. The minimum Gasteiger partial charge on any atom is -0.0843 e. The molecule has 16 heavy (non-hydrogen) atoms. The van der Waals surface area contributed by atoms with Gasteiger partial charge in [0.1, 0.15) is 0 Å². The van der Waals surface area contributed by atoms with Crippen molar-refractivity contribution in [3.8, 4) is 0 Å². The van der Waals surface area contributed by atoms with Crippen molar-refractivity contribution in [2.75, 3.05) is 0 Å². The average Bonchev–Trinajstić information content (AvgIpc) is 2.80. The molecular formula is C16H28. The lowest BCUT2D eigenvalue weighted by atomic mass is 10.1. The molecule has 0 nitrogen and oxygen atoms in total. The fraction of sp³-hybridized carbons (Fsp3) is 0.750. The van der Waals surface area contributed by atoms with E-state index < -0.39 is 0 Å². The Kier molecular flexibility index (Phi) is 8.20. The number of hydrogen-bond acceptors (Lipinski definition) is 0. The summed E-state index contributed by atoms with van der Waals surface area (Å²) in [6.45, 7) is 2.28. The molecule has 0 spiro atoms. The third kappa shape index (κ3) is 6.87. The molecule has 0 unspecified atom stereocenters. The highest BCUT2D eigenvalue weighted by Crippen LogP contribution is 2.18. The van der Waals surface area contributed by atoms with Crippen LogP contribution in [0, 0.1) is 0 Å². The van der Waals surface area contributed by atoms with E-state index in [1.807, 2.05) is 0 Å². The van der Waals surface area contributed by atoms with Gasteiger partial charge in [-0.1, -0.05) is 69.2 Å². The molecule has 1 aliphatic carbocycles. The Balaban J connectivity index is 1.84. The van der Waals surface area contributed by atoms with Crippen LogP contribution >= 0.6 is 0 Å². The van der Waals surface area contributed by atoms with Gasteiger partial charge in [0.2, 0.25) is 0 Å². The van der Waals surface area contributed by atoms with Gasteiger partial charge in [-0.15, -0.1) is 0 Å². The van der Waals surface area contributed by atoms with E-state index in [4.69, 9.17) is 0 Å². The molecular weight excluding hydrogens is 192 g/mol. The number of unbranched alkanes of at least 4 members (excludes halogenated alkanes) is 7. The van der Waals surface area contributed by atoms with Crippen LogP contribution < -0.4 is 0 Å². The first-order chi connectivity index (χ1) is 7.93. The first-order valence-electron chi connectivity index (χ1n) is 7.29. The highest BCUT2D eigenvalue weighted by Gasteiger charge is 1.99. The van der Waals surface area contributed by atoms with Gasteiger partial charge in [0.25, 0.3) is 0 Å². The molecule has 0 N–H and O–H groups in total. The van der Waals surface area contributed by atoms with Crippen molar-refractivity contribution in [2.45, 2.75) is 77.6 Å². The molecule has 0 aromatic rings. The van der Waals surface area contributed by atoms with E-state index in [1.165, 1.54) is 70.6 Å². The second kappa shape index (κ2) is 9.69. The molecule has 1 rings (SSSR count). The number of hydrogen-bond donors (Lipinski definition) is 0. The van der Waals surface area contributed by atoms with Crippen LogP contribution in [0.5, 0.6) is 0 Å². The van der Waals surface area contributed by atoms with E-state index in [0.717, 1.165) is 0 Å². The Morgan fingerprint density at radius 3 is 2.50 bits per heavy atom. The van der Waals surface area contributed by atoms with Gasteiger partial charge in [0, 0.05) is 0 Å². The number of allylic oxidation sites excluding steroid dienone is 4. The zero-order valence-corrected chi connectivity index (χ0v) is 11.0. The predicted octanol–water partition coefficient (Wildman–Crippen LogP) is 5.79. The maximum atomic E-state index is 2.39. The minimum atomic E-state index is 1.28. The summed E-state index contributed by atoms with van der Waals surface area (Å²) in [4.78, 5) is 0. The summed E-state index contributed by atoms with van der Waals surface area (Å²) in [7, 11) is 0. The molecule has 0 saturated carbocycles. The summed E-state index contributed by atoms with van der Waals surface area (Å²) in [6.07, 6.45) is 22.3. The summed E-state index contributed by atoms with van der Waals surface area (Å²) in [6, 6.07) is 0. The van der Waals surface area contributed by atoms with Crippen LogP contribution in [0.25, 0.3) is 0 Å². The van der Waals surface area contributed by atoms with Crippen molar-refractivity contribution in [1.82, 2.24) is 0 Å². The summed E-state index contributed by atoms with van der Waals surface area (Å²) < 4.78 is 0. The second-order valence-electron chi connectivity index (χ2n) is 4.98. The summed E-state index contributed by atoms with van der Waals surface area (Å²) in [5, 5.41) is 0. The molecule has 0 heteroatoms. The summed E-state index contributed by atoms with van der Waals surface area (Å²) in [5.74, 6) is 0. The standard InChI is InChI=1S/C16H28/c1-2-3-4-5-6-7-8-9-10-13-16-14-11-12-15-16/h10,13-14H,2-9,11-12,15H2,1H3/b13-10+. The molecule has 0 bridgehead atoms. The van der Waals surface area contributed by atoms with E-state index in [-0.39, 0.29) is 0 Å². The lowest BCUT2D eigenvalue weighted by molar-refractivity contribution is 0.592. The SMILES string of the molecule is CCCCCCCCC/C=C/C1=CCCC1. The first-order valence-corrected chi connectivity index (χ1v) is 7.29. The predicted molar refractivity (Wildman–Crippen MR) is 73.7 cm³/mol. The van der Waals surface area contributed by atoms with E-state index in [1.54, 1.807) is 5.57 Å². The van der Waals surface area contributed by atoms with Crippen LogP contribution in [0.2, 0.25) is 0 Å². The van der Waals surface area contributed by atoms with E-state index in [2.05, 4.69) is 25.2 Å². The van der Waals surface area contributed by atoms with Crippen molar-refractivity contribution in [1.29, 1.82) is 0 Å². The van der Waals surface area contributed by atoms with Crippen LogP contribution in [0.3, 0.4) is 0 Å². The van der Waals surface area contributed by atoms with Gasteiger partial charge in [0.05, 0.1) is 0 Å². The van der Waals surface area contributed by atoms with Crippen LogP contribution in [0.4, 0.5) is 0 Å². The van der Waals surface area contributed by atoms with Crippen molar-refractivity contribution in [3.05, 3.63) is 23.8 Å². The fourth-order valence-electron chi connectivity index (χ4n) is 2.30. The summed E-state index contributed by atoms with van der Waals surface area (Å²) >= 11 is 0. The topological polar surface area (TPSA) is 0 Å². The van der Waals surface area contributed by atoms with Gasteiger partial charge < -0.3 is 0 Å². The smallest absolute Gasteiger partial charge is 0.0279 e. The van der Waals surface area contributed by atoms with Crippen LogP contribution in [-0.2, 0) is 0 Å². The Morgan fingerprint density at radius 1 is 1.06 bits per heavy atom. The zero-order chi connectivity index (χ0) is 11.5. The maximum Gasteiger partial charge on any atom is -0.0279 e. The van der Waals surface area contributed by atoms with Crippen LogP contribution in [0.15, 0.2) is 23.8 Å². The molecule has 92 valence electrons. The second-order valence-corrected chi connectivity index (χ2v) is 4.98. The van der Waals surface area contributed by atoms with Crippen LogP contribution in [-0.4, -0.2) is 0 Å². The summed E-state index contributed by atoms with van der Waals surface area (Å²) in [5.41, 5.74) is 1.57. The molecule has 0 radical (unpaired) electrons. The zero-order valence-electron chi connectivity index (χ0n) is 11.0. The normalized spacial score (nSPS) is 15.9. The van der Waals surface area contributed by atoms with Gasteiger partial charge in [-0.2, -0.15) is 0 Å². The van der Waals surface area contributed by atoms with Gasteiger partial charge in [-0.3, -0.25) is 0 Å². The minimum absolute atomic E-state index is 1.28. The fourth-order valence-corrected chi connectivity index (χ4v) is 2.30. The third-order valence-corrected chi connectivity index (χ3v) is 3.38. The lowest BCUT2D eigenvalue weighted by Crippen LogP contribution is -1.79. The molecule has 0 heterocycles. The van der Waals surface area contributed by atoms with Gasteiger partial charge in [-0.05, 0) is 32.1 Å². The molecule has 0 fully saturated rings.